The predicted octanol–water partition coefficient (Wildman–Crippen LogP) is 3.46. The van der Waals surface area contributed by atoms with Crippen LogP contribution >= 0.6 is 0 Å². The van der Waals surface area contributed by atoms with Gasteiger partial charge in [0.2, 0.25) is 12.7 Å². The third-order valence-electron chi connectivity index (χ3n) is 7.32. The molecule has 7 nitrogen and oxygen atoms in total. The molecule has 2 saturated heterocycles. The molecule has 1 spiro atoms. The summed E-state index contributed by atoms with van der Waals surface area (Å²) < 4.78 is 28.5. The van der Waals surface area contributed by atoms with E-state index in [-0.39, 0.29) is 30.6 Å². The second kappa shape index (κ2) is 7.67. The standard InChI is InChI=1S/C25H27NO6/c1-28-18-5-2-16(3-6-18)14-26-20-8-9-25(31-10-11-32-25)13-19(20)23(24(26)27)17-4-7-21-22(12-17)30-15-29-21/h2-7,12,19-20,23H,8-11,13-15H2,1H3/t19-,20+,23+/m1/s1. The number of benzene rings is 2. The summed E-state index contributed by atoms with van der Waals surface area (Å²) in [6, 6.07) is 14.0. The Bertz CT molecular complexity index is 1020. The highest BCUT2D eigenvalue weighted by Gasteiger charge is 2.56. The van der Waals surface area contributed by atoms with Gasteiger partial charge in [0, 0.05) is 31.3 Å². The molecule has 32 heavy (non-hydrogen) atoms. The number of carbonyl (C=O) groups excluding carboxylic acids is 1. The van der Waals surface area contributed by atoms with Gasteiger partial charge < -0.3 is 28.6 Å². The molecule has 3 atom stereocenters. The smallest absolute Gasteiger partial charge is 0.231 e. The maximum absolute atomic E-state index is 13.9. The number of nitrogens with zero attached hydrogens (tertiary/aromatic N) is 1. The van der Waals surface area contributed by atoms with Crippen LogP contribution in [0.5, 0.6) is 17.2 Å². The lowest BCUT2D eigenvalue weighted by Gasteiger charge is -2.41. The molecule has 1 saturated carbocycles. The van der Waals surface area contributed by atoms with Crippen molar-refractivity contribution in [3.63, 3.8) is 0 Å². The molecule has 6 rings (SSSR count). The number of hydrogen-bond acceptors (Lipinski definition) is 6. The zero-order valence-corrected chi connectivity index (χ0v) is 18.1. The second-order valence-corrected chi connectivity index (χ2v) is 8.99. The maximum atomic E-state index is 13.9. The van der Waals surface area contributed by atoms with Crippen molar-refractivity contribution in [1.82, 2.24) is 4.90 Å². The molecule has 0 radical (unpaired) electrons. The number of fused-ring (bicyclic) bond motifs is 2. The topological polar surface area (TPSA) is 66.5 Å². The lowest BCUT2D eigenvalue weighted by molar-refractivity contribution is -0.192. The molecule has 0 bridgehead atoms. The second-order valence-electron chi connectivity index (χ2n) is 8.99. The van der Waals surface area contributed by atoms with Gasteiger partial charge in [-0.15, -0.1) is 0 Å². The first kappa shape index (κ1) is 19.9. The van der Waals surface area contributed by atoms with Crippen LogP contribution in [0, 0.1) is 5.92 Å². The number of ether oxygens (including phenoxy) is 5. The van der Waals surface area contributed by atoms with Gasteiger partial charge in [-0.25, -0.2) is 0 Å². The van der Waals surface area contributed by atoms with Gasteiger partial charge in [0.1, 0.15) is 5.75 Å². The van der Waals surface area contributed by atoms with Gasteiger partial charge in [0.15, 0.2) is 17.3 Å². The zero-order valence-electron chi connectivity index (χ0n) is 18.1. The van der Waals surface area contributed by atoms with Crippen molar-refractivity contribution in [2.24, 2.45) is 5.92 Å². The average molecular weight is 437 g/mol. The molecule has 3 heterocycles. The molecule has 1 amide bonds. The summed E-state index contributed by atoms with van der Waals surface area (Å²) in [5.74, 6) is 1.72. The van der Waals surface area contributed by atoms with E-state index in [1.54, 1.807) is 7.11 Å². The molecule has 0 aromatic heterocycles. The van der Waals surface area contributed by atoms with Crippen LogP contribution in [-0.2, 0) is 20.8 Å². The molecule has 0 unspecified atom stereocenters. The largest absolute Gasteiger partial charge is 0.497 e. The molecular weight excluding hydrogens is 410 g/mol. The van der Waals surface area contributed by atoms with E-state index in [9.17, 15) is 4.79 Å². The lowest BCUT2D eigenvalue weighted by Crippen LogP contribution is -2.45. The molecule has 1 aliphatic carbocycles. The van der Waals surface area contributed by atoms with Crippen molar-refractivity contribution in [2.45, 2.75) is 43.6 Å². The lowest BCUT2D eigenvalue weighted by atomic mass is 9.74. The Morgan fingerprint density at radius 2 is 1.84 bits per heavy atom. The summed E-state index contributed by atoms with van der Waals surface area (Å²) in [7, 11) is 1.66. The van der Waals surface area contributed by atoms with Crippen LogP contribution in [0.4, 0.5) is 0 Å². The molecule has 2 aromatic rings. The normalized spacial score (nSPS) is 27.7. The highest BCUT2D eigenvalue weighted by Crippen LogP contribution is 2.52. The van der Waals surface area contributed by atoms with Crippen molar-refractivity contribution in [3.05, 3.63) is 53.6 Å². The van der Waals surface area contributed by atoms with Crippen molar-refractivity contribution in [3.8, 4) is 17.2 Å². The molecule has 4 aliphatic rings. The van der Waals surface area contributed by atoms with Crippen LogP contribution < -0.4 is 14.2 Å². The van der Waals surface area contributed by atoms with Crippen LogP contribution in [-0.4, -0.2) is 49.8 Å². The quantitative estimate of drug-likeness (QED) is 0.730. The van der Waals surface area contributed by atoms with E-state index in [1.807, 2.05) is 42.5 Å². The van der Waals surface area contributed by atoms with Gasteiger partial charge in [-0.3, -0.25) is 4.79 Å². The van der Waals surface area contributed by atoms with E-state index >= 15 is 0 Å². The summed E-state index contributed by atoms with van der Waals surface area (Å²) in [5, 5.41) is 0. The van der Waals surface area contributed by atoms with E-state index in [4.69, 9.17) is 23.7 Å². The minimum Gasteiger partial charge on any atom is -0.497 e. The van der Waals surface area contributed by atoms with Gasteiger partial charge in [-0.05, 0) is 41.8 Å². The van der Waals surface area contributed by atoms with Gasteiger partial charge in [-0.2, -0.15) is 0 Å². The molecule has 3 fully saturated rings. The number of carbonyl (C=O) groups is 1. The van der Waals surface area contributed by atoms with E-state index in [2.05, 4.69) is 4.90 Å². The van der Waals surface area contributed by atoms with Gasteiger partial charge >= 0.3 is 0 Å². The molecule has 2 aromatic carbocycles. The predicted molar refractivity (Wildman–Crippen MR) is 115 cm³/mol. The van der Waals surface area contributed by atoms with Crippen molar-refractivity contribution >= 4 is 5.91 Å². The first-order valence-electron chi connectivity index (χ1n) is 11.3. The van der Waals surface area contributed by atoms with Crippen LogP contribution in [0.3, 0.4) is 0 Å². The number of amides is 1. The Hall–Kier alpha value is -2.77. The Labute approximate surface area is 187 Å². The van der Waals surface area contributed by atoms with Crippen LogP contribution in [0.15, 0.2) is 42.5 Å². The Balaban J connectivity index is 1.33. The van der Waals surface area contributed by atoms with Crippen LogP contribution in [0.25, 0.3) is 0 Å². The summed E-state index contributed by atoms with van der Waals surface area (Å²) in [4.78, 5) is 15.9. The molecular formula is C25H27NO6. The minimum atomic E-state index is -0.549. The highest BCUT2D eigenvalue weighted by molar-refractivity contribution is 5.87. The summed E-state index contributed by atoms with van der Waals surface area (Å²) in [6.07, 6.45) is 2.41. The maximum Gasteiger partial charge on any atom is 0.231 e. The fourth-order valence-electron chi connectivity index (χ4n) is 5.81. The number of hydrogen-bond donors (Lipinski definition) is 0. The minimum absolute atomic E-state index is 0.118. The SMILES string of the molecule is COc1ccc(CN2C(=O)[C@@H](c3ccc4c(c3)OCO4)[C@@H]3CC4(CC[C@@H]32)OCCO4)cc1. The van der Waals surface area contributed by atoms with Crippen molar-refractivity contribution < 1.29 is 28.5 Å². The molecule has 168 valence electrons. The fraction of sp³-hybridized carbons (Fsp3) is 0.480. The van der Waals surface area contributed by atoms with E-state index < -0.39 is 5.79 Å². The Kier molecular flexibility index (Phi) is 4.77. The van der Waals surface area contributed by atoms with E-state index in [1.165, 1.54) is 0 Å². The third kappa shape index (κ3) is 3.22. The average Bonchev–Trinajstić information content (AvgIpc) is 3.53. The summed E-state index contributed by atoms with van der Waals surface area (Å²) >= 11 is 0. The van der Waals surface area contributed by atoms with Gasteiger partial charge in [-0.1, -0.05) is 18.2 Å². The Morgan fingerprint density at radius 3 is 2.62 bits per heavy atom. The number of methoxy groups -OCH3 is 1. The third-order valence-corrected chi connectivity index (χ3v) is 7.32. The van der Waals surface area contributed by atoms with Crippen molar-refractivity contribution in [1.29, 1.82) is 0 Å². The number of rotatable bonds is 4. The van der Waals surface area contributed by atoms with Gasteiger partial charge in [0.05, 0.1) is 26.2 Å². The van der Waals surface area contributed by atoms with Crippen LogP contribution in [0.2, 0.25) is 0 Å². The van der Waals surface area contributed by atoms with E-state index in [0.29, 0.717) is 25.5 Å². The molecule has 7 heteroatoms. The van der Waals surface area contributed by atoms with Gasteiger partial charge in [0.25, 0.3) is 0 Å². The zero-order chi connectivity index (χ0) is 21.7. The van der Waals surface area contributed by atoms with Crippen LogP contribution in [0.1, 0.15) is 36.3 Å². The molecule has 0 N–H and O–H groups in total. The fourth-order valence-corrected chi connectivity index (χ4v) is 5.81. The van der Waals surface area contributed by atoms with E-state index in [0.717, 1.165) is 41.9 Å². The first-order chi connectivity index (χ1) is 15.7. The van der Waals surface area contributed by atoms with Crippen molar-refractivity contribution in [2.75, 3.05) is 27.1 Å². The first-order valence-corrected chi connectivity index (χ1v) is 11.3. The monoisotopic (exact) mass is 437 g/mol. The summed E-state index contributed by atoms with van der Waals surface area (Å²) in [6.45, 7) is 2.04. The highest BCUT2D eigenvalue weighted by atomic mass is 16.7. The molecule has 3 aliphatic heterocycles. The summed E-state index contributed by atoms with van der Waals surface area (Å²) in [5.41, 5.74) is 2.07. The Morgan fingerprint density at radius 1 is 1.06 bits per heavy atom. The number of likely N-dealkylation sites (tertiary alicyclic amines) is 1.